The van der Waals surface area contributed by atoms with Gasteiger partial charge in [0.2, 0.25) is 0 Å². The average molecular weight is 1470 g/mol. The number of rotatable bonds is 82. The lowest BCUT2D eigenvalue weighted by atomic mass is 10.0. The Bertz CT molecular complexity index is 1890. The number of carbonyl (C=O) groups excluding carboxylic acids is 4. The van der Waals surface area contributed by atoms with Gasteiger partial charge in [-0.1, -0.05) is 387 Å². The maximum atomic E-state index is 13.1. The molecule has 17 nitrogen and oxygen atoms in total. The fourth-order valence-electron chi connectivity index (χ4n) is 12.6. The number of ether oxygens (including phenoxy) is 4. The van der Waals surface area contributed by atoms with E-state index in [2.05, 4.69) is 27.7 Å². The number of hydrogen-bond donors (Lipinski definition) is 3. The molecule has 0 aromatic rings. The first-order valence-corrected chi connectivity index (χ1v) is 45.3. The van der Waals surface area contributed by atoms with Gasteiger partial charge in [0.15, 0.2) is 12.2 Å². The lowest BCUT2D eigenvalue weighted by Crippen LogP contribution is -2.30. The fraction of sp³-hybridized carbons (Fsp3) is 0.951. The van der Waals surface area contributed by atoms with Crippen LogP contribution in [0.5, 0.6) is 0 Å². The number of esters is 4. The largest absolute Gasteiger partial charge is 0.472 e. The van der Waals surface area contributed by atoms with Gasteiger partial charge in [-0.3, -0.25) is 37.3 Å². The van der Waals surface area contributed by atoms with E-state index in [4.69, 9.17) is 37.0 Å². The van der Waals surface area contributed by atoms with Crippen LogP contribution < -0.4 is 0 Å². The molecule has 0 aliphatic heterocycles. The van der Waals surface area contributed by atoms with Gasteiger partial charge in [-0.2, -0.15) is 0 Å². The Labute approximate surface area is 613 Å². The zero-order valence-electron chi connectivity index (χ0n) is 65.2. The SMILES string of the molecule is CCCCCCCCCCCCCCCCCCCCC(=O)OC[C@H](COP(=O)(O)OC[C@@H](O)COP(=O)(O)OC[C@@H](COC(=O)CCCCCCCCCCCC)OC(=O)CCCCCCCCCCCCCCCC)OC(=O)CCCCCCCCCCCCCCCCCCCC. The van der Waals surface area contributed by atoms with Crippen LogP contribution in [0.1, 0.15) is 439 Å². The first-order chi connectivity index (χ1) is 48.7. The van der Waals surface area contributed by atoms with Crippen molar-refractivity contribution in [2.75, 3.05) is 39.6 Å². The quantitative estimate of drug-likeness (QED) is 0.0222. The highest BCUT2D eigenvalue weighted by atomic mass is 31.2. The Kier molecular flexibility index (Phi) is 73.8. The highest BCUT2D eigenvalue weighted by molar-refractivity contribution is 7.47. The highest BCUT2D eigenvalue weighted by Crippen LogP contribution is 2.45. The average Bonchev–Trinajstić information content (AvgIpc) is 1.07. The van der Waals surface area contributed by atoms with Crippen LogP contribution in [-0.4, -0.2) is 96.7 Å². The third-order valence-corrected chi connectivity index (χ3v) is 21.0. The monoisotopic (exact) mass is 1470 g/mol. The van der Waals surface area contributed by atoms with E-state index in [1.54, 1.807) is 0 Å². The molecule has 2 unspecified atom stereocenters. The number of carbonyl (C=O) groups is 4. The molecule has 0 bridgehead atoms. The van der Waals surface area contributed by atoms with Crippen LogP contribution in [0.4, 0.5) is 0 Å². The van der Waals surface area contributed by atoms with Gasteiger partial charge >= 0.3 is 39.5 Å². The summed E-state index contributed by atoms with van der Waals surface area (Å²) in [5, 5.41) is 10.6. The maximum Gasteiger partial charge on any atom is 0.472 e. The number of phosphoric acid groups is 2. The predicted octanol–water partition coefficient (Wildman–Crippen LogP) is 24.6. The summed E-state index contributed by atoms with van der Waals surface area (Å²) >= 11 is 0. The molecule has 19 heteroatoms. The normalized spacial score (nSPS) is 13.8. The summed E-state index contributed by atoms with van der Waals surface area (Å²) in [5.74, 6) is -2.10. The summed E-state index contributed by atoms with van der Waals surface area (Å²) in [5.41, 5.74) is 0. The summed E-state index contributed by atoms with van der Waals surface area (Å²) in [4.78, 5) is 73.0. The third kappa shape index (κ3) is 74.3. The van der Waals surface area contributed by atoms with Crippen molar-refractivity contribution >= 4 is 39.5 Å². The van der Waals surface area contributed by atoms with Crippen molar-refractivity contribution in [2.45, 2.75) is 457 Å². The van der Waals surface area contributed by atoms with Crippen LogP contribution in [0.15, 0.2) is 0 Å². The van der Waals surface area contributed by atoms with E-state index >= 15 is 0 Å². The molecular weight excluding hydrogens is 1310 g/mol. The van der Waals surface area contributed by atoms with Gasteiger partial charge in [0.25, 0.3) is 0 Å². The summed E-state index contributed by atoms with van der Waals surface area (Å²) in [7, 11) is -9.92. The van der Waals surface area contributed by atoms with Gasteiger partial charge in [0.05, 0.1) is 26.4 Å². The summed E-state index contributed by atoms with van der Waals surface area (Å²) in [6, 6.07) is 0. The first-order valence-electron chi connectivity index (χ1n) is 42.3. The molecule has 0 aliphatic rings. The molecule has 3 N–H and O–H groups in total. The van der Waals surface area contributed by atoms with E-state index in [9.17, 15) is 43.2 Å². The van der Waals surface area contributed by atoms with Gasteiger partial charge in [-0.25, -0.2) is 9.13 Å². The Morgan fingerprint density at radius 3 is 0.590 bits per heavy atom. The molecule has 100 heavy (non-hydrogen) atoms. The molecule has 0 spiro atoms. The Balaban J connectivity index is 5.23. The molecular formula is C81H158O17P2. The molecule has 5 atom stereocenters. The number of aliphatic hydroxyl groups is 1. The van der Waals surface area contributed by atoms with Gasteiger partial charge < -0.3 is 33.8 Å². The molecule has 0 aliphatic carbocycles. The molecule has 0 radical (unpaired) electrons. The molecule has 0 aromatic carbocycles. The third-order valence-electron chi connectivity index (χ3n) is 19.1. The van der Waals surface area contributed by atoms with Crippen LogP contribution >= 0.6 is 15.6 Å². The topological polar surface area (TPSA) is 237 Å². The van der Waals surface area contributed by atoms with E-state index in [-0.39, 0.29) is 25.7 Å². The number of phosphoric ester groups is 2. The summed E-state index contributed by atoms with van der Waals surface area (Å²) < 4.78 is 68.7. The number of unbranched alkanes of at least 4 members (excludes halogenated alkanes) is 56. The van der Waals surface area contributed by atoms with Gasteiger partial charge in [0, 0.05) is 25.7 Å². The zero-order chi connectivity index (χ0) is 73.2. The van der Waals surface area contributed by atoms with Crippen molar-refractivity contribution in [1.29, 1.82) is 0 Å². The molecule has 594 valence electrons. The molecule has 0 saturated heterocycles. The van der Waals surface area contributed by atoms with Crippen molar-refractivity contribution < 1.29 is 80.2 Å². The van der Waals surface area contributed by atoms with E-state index < -0.39 is 97.5 Å². The van der Waals surface area contributed by atoms with Crippen LogP contribution in [0.2, 0.25) is 0 Å². The second kappa shape index (κ2) is 75.3. The second-order valence-corrected chi connectivity index (χ2v) is 32.1. The van der Waals surface area contributed by atoms with Crippen LogP contribution in [0.3, 0.4) is 0 Å². The molecule has 0 heterocycles. The lowest BCUT2D eigenvalue weighted by Gasteiger charge is -2.21. The van der Waals surface area contributed by atoms with Crippen molar-refractivity contribution in [2.24, 2.45) is 0 Å². The maximum absolute atomic E-state index is 13.1. The van der Waals surface area contributed by atoms with Crippen molar-refractivity contribution in [3.8, 4) is 0 Å². The minimum Gasteiger partial charge on any atom is -0.462 e. The highest BCUT2D eigenvalue weighted by Gasteiger charge is 2.30. The van der Waals surface area contributed by atoms with Crippen molar-refractivity contribution in [3.05, 3.63) is 0 Å². The smallest absolute Gasteiger partial charge is 0.462 e. The second-order valence-electron chi connectivity index (χ2n) is 29.2. The fourth-order valence-corrected chi connectivity index (χ4v) is 14.2. The molecule has 0 fully saturated rings. The molecule has 0 amide bonds. The first kappa shape index (κ1) is 98.1. The van der Waals surface area contributed by atoms with Gasteiger partial charge in [-0.05, 0) is 25.7 Å². The van der Waals surface area contributed by atoms with E-state index in [0.29, 0.717) is 25.7 Å². The molecule has 0 aromatic heterocycles. The number of hydrogen-bond acceptors (Lipinski definition) is 15. The van der Waals surface area contributed by atoms with E-state index in [0.717, 1.165) is 89.9 Å². The Hall–Kier alpha value is -1.94. The van der Waals surface area contributed by atoms with Crippen LogP contribution in [0.25, 0.3) is 0 Å². The molecule has 0 rings (SSSR count). The van der Waals surface area contributed by atoms with Gasteiger partial charge in [-0.15, -0.1) is 0 Å². The predicted molar refractivity (Wildman–Crippen MR) is 409 cm³/mol. The van der Waals surface area contributed by atoms with Crippen molar-refractivity contribution in [1.82, 2.24) is 0 Å². The standard InChI is InChI=1S/C81H158O17P2/c1-5-9-13-17-21-25-29-32-35-37-39-41-44-46-50-54-58-62-66-79(84)92-72-77(98-81(86)68-64-60-56-52-48-45-42-40-38-36-33-30-26-22-18-14-10-6-2)74-96-100(89,90)94-70-75(82)69-93-99(87,88)95-73-76(71-91-78(83)65-61-57-53-49-28-24-20-16-12-8-4)97-80(85)67-63-59-55-51-47-43-34-31-27-23-19-15-11-7-3/h75-77,82H,5-74H2,1-4H3,(H,87,88)(H,89,90)/t75-,76+,77+/m0/s1. The van der Waals surface area contributed by atoms with E-state index in [1.807, 2.05) is 0 Å². The summed E-state index contributed by atoms with van der Waals surface area (Å²) in [6.45, 7) is 5.02. The Morgan fingerprint density at radius 1 is 0.240 bits per heavy atom. The zero-order valence-corrected chi connectivity index (χ0v) is 67.0. The van der Waals surface area contributed by atoms with Crippen LogP contribution in [-0.2, 0) is 65.4 Å². The minimum absolute atomic E-state index is 0.109. The molecule has 0 saturated carbocycles. The van der Waals surface area contributed by atoms with Crippen LogP contribution in [0, 0.1) is 0 Å². The minimum atomic E-state index is -4.96. The van der Waals surface area contributed by atoms with E-state index in [1.165, 1.54) is 270 Å². The van der Waals surface area contributed by atoms with Crippen molar-refractivity contribution in [3.63, 3.8) is 0 Å². The number of aliphatic hydroxyl groups excluding tert-OH is 1. The van der Waals surface area contributed by atoms with Gasteiger partial charge in [0.1, 0.15) is 19.3 Å². The summed E-state index contributed by atoms with van der Waals surface area (Å²) in [6.07, 6.45) is 67.9. The lowest BCUT2D eigenvalue weighted by molar-refractivity contribution is -0.161. The Morgan fingerprint density at radius 2 is 0.400 bits per heavy atom.